The van der Waals surface area contributed by atoms with Gasteiger partial charge in [-0.1, -0.05) is 65.7 Å². The number of hydrogen-bond acceptors (Lipinski definition) is 2. The molecule has 2 N–H and O–H groups in total. The minimum absolute atomic E-state index is 0.299. The molecule has 0 aromatic heterocycles. The highest BCUT2D eigenvalue weighted by atomic mass is 16.3. The van der Waals surface area contributed by atoms with Crippen LogP contribution in [0.25, 0.3) is 0 Å². The summed E-state index contributed by atoms with van der Waals surface area (Å²) in [5, 5.41) is 12.6. The standard InChI is InChI=1S/C16H35NO/c1-4-5-6-7-8-9-10-11-13-17-16(12-14-18)15(2)3/h15-18H,4-14H2,1-3H3. The lowest BCUT2D eigenvalue weighted by Crippen LogP contribution is -2.35. The Kier molecular flexibility index (Phi) is 13.3. The summed E-state index contributed by atoms with van der Waals surface area (Å²) in [6.07, 6.45) is 11.9. The molecule has 0 fully saturated rings. The Morgan fingerprint density at radius 3 is 1.94 bits per heavy atom. The van der Waals surface area contributed by atoms with Gasteiger partial charge in [0, 0.05) is 12.6 Å². The lowest BCUT2D eigenvalue weighted by Gasteiger charge is -2.21. The molecule has 1 atom stereocenters. The minimum Gasteiger partial charge on any atom is -0.396 e. The summed E-state index contributed by atoms with van der Waals surface area (Å²) in [6, 6.07) is 0.486. The summed E-state index contributed by atoms with van der Waals surface area (Å²) in [4.78, 5) is 0. The molecule has 0 saturated carbocycles. The molecular weight excluding hydrogens is 222 g/mol. The molecule has 0 aliphatic heterocycles. The molecule has 2 nitrogen and oxygen atoms in total. The summed E-state index contributed by atoms with van der Waals surface area (Å²) < 4.78 is 0. The van der Waals surface area contributed by atoms with Crippen molar-refractivity contribution in [3.05, 3.63) is 0 Å². The van der Waals surface area contributed by atoms with E-state index in [9.17, 15) is 0 Å². The summed E-state index contributed by atoms with van der Waals surface area (Å²) in [6.45, 7) is 8.12. The van der Waals surface area contributed by atoms with Gasteiger partial charge in [-0.3, -0.25) is 0 Å². The first-order chi connectivity index (χ1) is 8.72. The molecule has 0 aromatic carbocycles. The van der Waals surface area contributed by atoms with Crippen molar-refractivity contribution < 1.29 is 5.11 Å². The van der Waals surface area contributed by atoms with E-state index in [1.807, 2.05) is 0 Å². The van der Waals surface area contributed by atoms with Gasteiger partial charge in [-0.25, -0.2) is 0 Å². The van der Waals surface area contributed by atoms with Gasteiger partial charge in [-0.15, -0.1) is 0 Å². The summed E-state index contributed by atoms with van der Waals surface area (Å²) in [7, 11) is 0. The first-order valence-electron chi connectivity index (χ1n) is 8.06. The van der Waals surface area contributed by atoms with E-state index < -0.39 is 0 Å². The molecule has 0 amide bonds. The fraction of sp³-hybridized carbons (Fsp3) is 1.00. The van der Waals surface area contributed by atoms with Crippen molar-refractivity contribution in [2.45, 2.75) is 84.6 Å². The molecule has 0 saturated heterocycles. The van der Waals surface area contributed by atoms with Gasteiger partial charge in [0.25, 0.3) is 0 Å². The largest absolute Gasteiger partial charge is 0.396 e. The van der Waals surface area contributed by atoms with E-state index in [1.54, 1.807) is 0 Å². The fourth-order valence-corrected chi connectivity index (χ4v) is 2.36. The Bertz CT molecular complexity index is 159. The third kappa shape index (κ3) is 11.0. The van der Waals surface area contributed by atoms with Gasteiger partial charge >= 0.3 is 0 Å². The van der Waals surface area contributed by atoms with Gasteiger partial charge < -0.3 is 10.4 Å². The average molecular weight is 257 g/mol. The average Bonchev–Trinajstić information content (AvgIpc) is 2.35. The van der Waals surface area contributed by atoms with Crippen LogP contribution in [0.15, 0.2) is 0 Å². The van der Waals surface area contributed by atoms with Gasteiger partial charge in [0.05, 0.1) is 0 Å². The van der Waals surface area contributed by atoms with Crippen molar-refractivity contribution in [2.24, 2.45) is 5.92 Å². The fourth-order valence-electron chi connectivity index (χ4n) is 2.36. The summed E-state index contributed by atoms with van der Waals surface area (Å²) >= 11 is 0. The quantitative estimate of drug-likeness (QED) is 0.486. The van der Waals surface area contributed by atoms with Crippen LogP contribution in [-0.4, -0.2) is 24.3 Å². The maximum absolute atomic E-state index is 8.99. The van der Waals surface area contributed by atoms with Crippen molar-refractivity contribution in [3.8, 4) is 0 Å². The molecule has 0 spiro atoms. The molecule has 0 aromatic rings. The third-order valence-electron chi connectivity index (χ3n) is 3.68. The number of aliphatic hydroxyl groups excluding tert-OH is 1. The van der Waals surface area contributed by atoms with Crippen molar-refractivity contribution in [2.75, 3.05) is 13.2 Å². The van der Waals surface area contributed by atoms with Crippen molar-refractivity contribution in [3.63, 3.8) is 0 Å². The molecule has 2 heteroatoms. The van der Waals surface area contributed by atoms with Crippen LogP contribution in [0.3, 0.4) is 0 Å². The highest BCUT2D eigenvalue weighted by molar-refractivity contribution is 4.69. The second kappa shape index (κ2) is 13.4. The molecule has 0 radical (unpaired) electrons. The first kappa shape index (κ1) is 17.9. The molecule has 110 valence electrons. The van der Waals surface area contributed by atoms with E-state index in [-0.39, 0.29) is 0 Å². The van der Waals surface area contributed by atoms with Crippen LogP contribution < -0.4 is 5.32 Å². The third-order valence-corrected chi connectivity index (χ3v) is 3.68. The molecule has 0 aliphatic carbocycles. The number of hydrogen-bond donors (Lipinski definition) is 2. The van der Waals surface area contributed by atoms with Crippen molar-refractivity contribution in [1.82, 2.24) is 5.32 Å². The van der Waals surface area contributed by atoms with Crippen LogP contribution in [0.1, 0.15) is 78.6 Å². The second-order valence-electron chi connectivity index (χ2n) is 5.79. The predicted octanol–water partition coefficient (Wildman–Crippen LogP) is 4.12. The topological polar surface area (TPSA) is 32.3 Å². The minimum atomic E-state index is 0.299. The summed E-state index contributed by atoms with van der Waals surface area (Å²) in [5.41, 5.74) is 0. The number of rotatable bonds is 13. The molecule has 18 heavy (non-hydrogen) atoms. The number of unbranched alkanes of at least 4 members (excludes halogenated alkanes) is 7. The number of nitrogens with one attached hydrogen (secondary N) is 1. The van der Waals surface area contributed by atoms with Gasteiger partial charge in [0.2, 0.25) is 0 Å². The molecule has 0 rings (SSSR count). The normalized spacial score (nSPS) is 13.2. The molecular formula is C16H35NO. The Labute approximate surface area is 115 Å². The monoisotopic (exact) mass is 257 g/mol. The Morgan fingerprint density at radius 2 is 1.44 bits per heavy atom. The Balaban J connectivity index is 3.27. The van der Waals surface area contributed by atoms with E-state index in [0.717, 1.165) is 13.0 Å². The predicted molar refractivity (Wildman–Crippen MR) is 80.9 cm³/mol. The van der Waals surface area contributed by atoms with Crippen LogP contribution in [0.4, 0.5) is 0 Å². The van der Waals surface area contributed by atoms with Gasteiger partial charge in [0.1, 0.15) is 0 Å². The smallest absolute Gasteiger partial charge is 0.0445 e. The highest BCUT2D eigenvalue weighted by Crippen LogP contribution is 2.09. The van der Waals surface area contributed by atoms with Gasteiger partial charge in [-0.2, -0.15) is 0 Å². The number of aliphatic hydroxyl groups is 1. The van der Waals surface area contributed by atoms with Crippen molar-refractivity contribution >= 4 is 0 Å². The van der Waals surface area contributed by atoms with Crippen LogP contribution in [-0.2, 0) is 0 Å². The maximum Gasteiger partial charge on any atom is 0.0445 e. The molecule has 0 heterocycles. The van der Waals surface area contributed by atoms with E-state index in [2.05, 4.69) is 26.1 Å². The van der Waals surface area contributed by atoms with Gasteiger partial charge in [0.15, 0.2) is 0 Å². The Morgan fingerprint density at radius 1 is 0.889 bits per heavy atom. The first-order valence-corrected chi connectivity index (χ1v) is 8.06. The zero-order valence-electron chi connectivity index (χ0n) is 12.9. The van der Waals surface area contributed by atoms with Crippen LogP contribution in [0.5, 0.6) is 0 Å². The van der Waals surface area contributed by atoms with Crippen LogP contribution in [0, 0.1) is 5.92 Å². The van der Waals surface area contributed by atoms with E-state index in [1.165, 1.54) is 51.4 Å². The zero-order valence-corrected chi connectivity index (χ0v) is 12.9. The van der Waals surface area contributed by atoms with E-state index in [0.29, 0.717) is 18.6 Å². The zero-order chi connectivity index (χ0) is 13.6. The molecule has 0 bridgehead atoms. The van der Waals surface area contributed by atoms with Crippen LogP contribution in [0.2, 0.25) is 0 Å². The van der Waals surface area contributed by atoms with E-state index >= 15 is 0 Å². The molecule has 1 unspecified atom stereocenters. The Hall–Kier alpha value is -0.0800. The van der Waals surface area contributed by atoms with Crippen molar-refractivity contribution in [1.29, 1.82) is 0 Å². The maximum atomic E-state index is 8.99. The summed E-state index contributed by atoms with van der Waals surface area (Å²) in [5.74, 6) is 0.617. The lowest BCUT2D eigenvalue weighted by atomic mass is 10.0. The van der Waals surface area contributed by atoms with Gasteiger partial charge in [-0.05, 0) is 25.3 Å². The second-order valence-corrected chi connectivity index (χ2v) is 5.79. The van der Waals surface area contributed by atoms with Crippen LogP contribution >= 0.6 is 0 Å². The highest BCUT2D eigenvalue weighted by Gasteiger charge is 2.10. The lowest BCUT2D eigenvalue weighted by molar-refractivity contribution is 0.244. The van der Waals surface area contributed by atoms with E-state index in [4.69, 9.17) is 5.11 Å². The molecule has 0 aliphatic rings. The SMILES string of the molecule is CCCCCCCCCCNC(CCO)C(C)C.